The minimum absolute atomic E-state index is 0.191. The highest BCUT2D eigenvalue weighted by molar-refractivity contribution is 5.85. The number of nitrogens with one attached hydrogen (secondary N) is 1. The Kier molecular flexibility index (Phi) is 6.17. The summed E-state index contributed by atoms with van der Waals surface area (Å²) >= 11 is 0. The lowest BCUT2D eigenvalue weighted by Crippen LogP contribution is -2.57. The van der Waals surface area contributed by atoms with Gasteiger partial charge in [-0.3, -0.25) is 4.79 Å². The number of methoxy groups -OCH3 is 1. The highest BCUT2D eigenvalue weighted by atomic mass is 16.5. The molecule has 0 spiro atoms. The molecule has 5 heteroatoms. The molecule has 1 aliphatic carbocycles. The van der Waals surface area contributed by atoms with E-state index in [0.29, 0.717) is 12.2 Å². The summed E-state index contributed by atoms with van der Waals surface area (Å²) in [4.78, 5) is 15.0. The monoisotopic (exact) mass is 338 g/mol. The number of piperidine rings is 2. The van der Waals surface area contributed by atoms with Gasteiger partial charge < -0.3 is 19.7 Å². The van der Waals surface area contributed by atoms with Crippen LogP contribution in [-0.4, -0.2) is 61.9 Å². The fraction of sp³-hybridized carbons (Fsp3) is 0.947. The first-order valence-corrected chi connectivity index (χ1v) is 9.84. The Labute approximate surface area is 146 Å². The molecule has 3 fully saturated rings. The Morgan fingerprint density at radius 1 is 1.00 bits per heavy atom. The first-order valence-electron chi connectivity index (χ1n) is 9.84. The third-order valence-corrected chi connectivity index (χ3v) is 6.27. The van der Waals surface area contributed by atoms with Crippen molar-refractivity contribution in [1.82, 2.24) is 10.2 Å². The maximum atomic E-state index is 13.0. The summed E-state index contributed by atoms with van der Waals surface area (Å²) in [5.74, 6) is 1.05. The van der Waals surface area contributed by atoms with Gasteiger partial charge in [0, 0.05) is 20.2 Å². The Balaban J connectivity index is 1.46. The summed E-state index contributed by atoms with van der Waals surface area (Å²) in [6.07, 6.45) is 9.28. The van der Waals surface area contributed by atoms with Crippen LogP contribution in [0.4, 0.5) is 0 Å². The number of nitrogens with zero attached hydrogens (tertiary/aromatic N) is 1. The first-order chi connectivity index (χ1) is 11.6. The Hall–Kier alpha value is -0.650. The molecule has 1 saturated carbocycles. The van der Waals surface area contributed by atoms with Crippen LogP contribution in [0.5, 0.6) is 0 Å². The Morgan fingerprint density at radius 2 is 1.58 bits per heavy atom. The van der Waals surface area contributed by atoms with E-state index in [4.69, 9.17) is 9.47 Å². The molecule has 0 bridgehead atoms. The number of hydrogen-bond acceptors (Lipinski definition) is 4. The van der Waals surface area contributed by atoms with Crippen molar-refractivity contribution in [2.75, 3.05) is 33.3 Å². The molecule has 138 valence electrons. The lowest BCUT2D eigenvalue weighted by atomic mass is 9.88. The van der Waals surface area contributed by atoms with Gasteiger partial charge in [0.25, 0.3) is 5.91 Å². The van der Waals surface area contributed by atoms with Crippen molar-refractivity contribution < 1.29 is 14.3 Å². The van der Waals surface area contributed by atoms with Crippen molar-refractivity contribution in [2.45, 2.75) is 76.1 Å². The van der Waals surface area contributed by atoms with Crippen molar-refractivity contribution >= 4 is 5.91 Å². The molecule has 24 heavy (non-hydrogen) atoms. The van der Waals surface area contributed by atoms with Crippen LogP contribution in [0.3, 0.4) is 0 Å². The van der Waals surface area contributed by atoms with E-state index >= 15 is 0 Å². The molecule has 0 aromatic rings. The number of amides is 1. The molecule has 0 radical (unpaired) electrons. The molecule has 3 aliphatic rings. The van der Waals surface area contributed by atoms with Gasteiger partial charge in [0.1, 0.15) is 5.60 Å². The Morgan fingerprint density at radius 3 is 2.17 bits per heavy atom. The summed E-state index contributed by atoms with van der Waals surface area (Å²) in [5.41, 5.74) is -0.599. The number of carbonyl (C=O) groups is 1. The minimum Gasteiger partial charge on any atom is -0.375 e. The van der Waals surface area contributed by atoms with Gasteiger partial charge in [-0.1, -0.05) is 6.92 Å². The smallest absolute Gasteiger partial charge is 0.254 e. The molecule has 2 aliphatic heterocycles. The summed E-state index contributed by atoms with van der Waals surface area (Å²) in [6.45, 7) is 5.68. The molecule has 5 nitrogen and oxygen atoms in total. The molecule has 2 saturated heterocycles. The highest BCUT2D eigenvalue weighted by Gasteiger charge is 2.43. The average molecular weight is 338 g/mol. The second kappa shape index (κ2) is 8.15. The predicted octanol–water partition coefficient (Wildman–Crippen LogP) is 2.34. The van der Waals surface area contributed by atoms with Crippen LogP contribution in [0.2, 0.25) is 0 Å². The molecule has 2 heterocycles. The van der Waals surface area contributed by atoms with E-state index in [-0.39, 0.29) is 5.91 Å². The number of ether oxygens (including phenoxy) is 2. The second-order valence-corrected chi connectivity index (χ2v) is 7.96. The van der Waals surface area contributed by atoms with Crippen LogP contribution in [-0.2, 0) is 14.3 Å². The van der Waals surface area contributed by atoms with Crippen LogP contribution >= 0.6 is 0 Å². The van der Waals surface area contributed by atoms with Gasteiger partial charge in [0.15, 0.2) is 0 Å². The maximum Gasteiger partial charge on any atom is 0.254 e. The molecular weight excluding hydrogens is 304 g/mol. The van der Waals surface area contributed by atoms with Gasteiger partial charge in [0.05, 0.1) is 12.2 Å². The van der Waals surface area contributed by atoms with E-state index in [2.05, 4.69) is 12.2 Å². The van der Waals surface area contributed by atoms with Crippen LogP contribution in [0.1, 0.15) is 58.3 Å². The van der Waals surface area contributed by atoms with E-state index in [1.165, 1.54) is 25.7 Å². The van der Waals surface area contributed by atoms with Crippen LogP contribution in [0, 0.1) is 5.92 Å². The first kappa shape index (κ1) is 18.2. The van der Waals surface area contributed by atoms with E-state index < -0.39 is 5.60 Å². The lowest BCUT2D eigenvalue weighted by Gasteiger charge is -2.42. The standard InChI is InChI=1S/C19H34N2O3/c1-15-3-5-16(6-4-15)24-17-7-13-21(14-8-17)18(22)19(23-2)9-11-20-12-10-19/h15-17,20H,3-14H2,1-2H3. The minimum atomic E-state index is -0.599. The number of rotatable bonds is 4. The van der Waals surface area contributed by atoms with E-state index in [9.17, 15) is 4.79 Å². The average Bonchev–Trinajstić information content (AvgIpc) is 2.64. The third kappa shape index (κ3) is 4.12. The molecule has 1 N–H and O–H groups in total. The van der Waals surface area contributed by atoms with Gasteiger partial charge in [-0.15, -0.1) is 0 Å². The summed E-state index contributed by atoms with van der Waals surface area (Å²) < 4.78 is 12.0. The lowest BCUT2D eigenvalue weighted by molar-refractivity contribution is -0.161. The second-order valence-electron chi connectivity index (χ2n) is 7.96. The van der Waals surface area contributed by atoms with Gasteiger partial charge in [0.2, 0.25) is 0 Å². The normalized spacial score (nSPS) is 31.8. The zero-order valence-corrected chi connectivity index (χ0v) is 15.4. The predicted molar refractivity (Wildman–Crippen MR) is 94.0 cm³/mol. The summed E-state index contributed by atoms with van der Waals surface area (Å²) in [7, 11) is 1.68. The molecule has 0 aromatic heterocycles. The van der Waals surface area contributed by atoms with Gasteiger partial charge in [-0.2, -0.15) is 0 Å². The van der Waals surface area contributed by atoms with Crippen molar-refractivity contribution in [1.29, 1.82) is 0 Å². The number of hydrogen-bond donors (Lipinski definition) is 1. The van der Waals surface area contributed by atoms with Crippen LogP contribution in [0.15, 0.2) is 0 Å². The van der Waals surface area contributed by atoms with Gasteiger partial charge in [-0.05, 0) is 70.4 Å². The molecule has 1 amide bonds. The quantitative estimate of drug-likeness (QED) is 0.855. The van der Waals surface area contributed by atoms with Crippen molar-refractivity contribution in [3.63, 3.8) is 0 Å². The highest BCUT2D eigenvalue weighted by Crippen LogP contribution is 2.30. The van der Waals surface area contributed by atoms with E-state index in [1.54, 1.807) is 7.11 Å². The molecule has 0 aromatic carbocycles. The fourth-order valence-corrected chi connectivity index (χ4v) is 4.46. The van der Waals surface area contributed by atoms with E-state index in [1.807, 2.05) is 4.90 Å². The topological polar surface area (TPSA) is 50.8 Å². The number of likely N-dealkylation sites (tertiary alicyclic amines) is 1. The van der Waals surface area contributed by atoms with Gasteiger partial charge in [-0.25, -0.2) is 0 Å². The molecular formula is C19H34N2O3. The fourth-order valence-electron chi connectivity index (χ4n) is 4.46. The van der Waals surface area contributed by atoms with Gasteiger partial charge >= 0.3 is 0 Å². The summed E-state index contributed by atoms with van der Waals surface area (Å²) in [5, 5.41) is 3.32. The third-order valence-electron chi connectivity index (χ3n) is 6.27. The van der Waals surface area contributed by atoms with Crippen molar-refractivity contribution in [3.8, 4) is 0 Å². The zero-order chi connectivity index (χ0) is 17.0. The summed E-state index contributed by atoms with van der Waals surface area (Å²) in [6, 6.07) is 0. The number of carbonyl (C=O) groups excluding carboxylic acids is 1. The SMILES string of the molecule is COC1(C(=O)N2CCC(OC3CCC(C)CC3)CC2)CCNCC1. The largest absolute Gasteiger partial charge is 0.375 e. The van der Waals surface area contributed by atoms with Crippen molar-refractivity contribution in [3.05, 3.63) is 0 Å². The van der Waals surface area contributed by atoms with Crippen LogP contribution in [0.25, 0.3) is 0 Å². The van der Waals surface area contributed by atoms with Crippen molar-refractivity contribution in [2.24, 2.45) is 5.92 Å². The molecule has 0 unspecified atom stereocenters. The maximum absolute atomic E-state index is 13.0. The zero-order valence-electron chi connectivity index (χ0n) is 15.4. The van der Waals surface area contributed by atoms with Crippen LogP contribution < -0.4 is 5.32 Å². The van der Waals surface area contributed by atoms with E-state index in [0.717, 1.165) is 57.8 Å². The Bertz CT molecular complexity index is 407. The molecule has 3 rings (SSSR count). The molecule has 0 atom stereocenters.